The fourth-order valence-corrected chi connectivity index (χ4v) is 0.910. The Morgan fingerprint density at radius 3 is 2.17 bits per heavy atom. The fraction of sp³-hybridized carbons (Fsp3) is 0.250. The number of aliphatic hydroxyl groups is 1. The second-order valence-corrected chi connectivity index (χ2v) is 3.95. The first-order valence-electron chi connectivity index (χ1n) is 4.22. The number of carbonyl (C=O) groups excluding carboxylic acids is 1. The molecule has 10 heteroatoms. The topological polar surface area (TPSA) is 148 Å². The van der Waals surface area contributed by atoms with Crippen molar-refractivity contribution in [3.05, 3.63) is 23.0 Å². The zero-order valence-corrected chi connectivity index (χ0v) is 9.70. The van der Waals surface area contributed by atoms with Gasteiger partial charge in [-0.1, -0.05) is 0 Å². The first-order chi connectivity index (χ1) is 7.70. The van der Waals surface area contributed by atoms with Crippen molar-refractivity contribution in [2.45, 2.75) is 13.5 Å². The fourth-order valence-electron chi connectivity index (χ4n) is 0.910. The van der Waals surface area contributed by atoms with Crippen LogP contribution in [-0.2, 0) is 11.2 Å². The molecular formula is C8H13NNaO7P. The third-order valence-corrected chi connectivity index (χ3v) is 1.65. The molecular weight excluding hydrogens is 276 g/mol. The van der Waals surface area contributed by atoms with Crippen LogP contribution in [0.3, 0.4) is 0 Å². The number of hydrogen-bond donors (Lipinski definition) is 5. The van der Waals surface area contributed by atoms with Crippen LogP contribution in [0.2, 0.25) is 0 Å². The molecule has 0 saturated carbocycles. The summed E-state index contributed by atoms with van der Waals surface area (Å²) in [7, 11) is -4.64. The van der Waals surface area contributed by atoms with Gasteiger partial charge < -0.3 is 24.9 Å². The molecule has 0 spiro atoms. The van der Waals surface area contributed by atoms with Crippen LogP contribution in [0.1, 0.15) is 21.6 Å². The SMILES string of the molecule is Cc1ncc(CO)c(C=O)c1O.O=P(O)(O)O.[NaH]. The van der Waals surface area contributed by atoms with Gasteiger partial charge in [-0.2, -0.15) is 0 Å². The molecule has 0 unspecified atom stereocenters. The van der Waals surface area contributed by atoms with Crippen LogP contribution in [0.15, 0.2) is 6.20 Å². The third-order valence-electron chi connectivity index (χ3n) is 1.65. The quantitative estimate of drug-likeness (QED) is 0.259. The maximum absolute atomic E-state index is 10.5. The Morgan fingerprint density at radius 1 is 1.39 bits per heavy atom. The summed E-state index contributed by atoms with van der Waals surface area (Å²) in [5.41, 5.74) is 0.840. The summed E-state index contributed by atoms with van der Waals surface area (Å²) in [5, 5.41) is 18.1. The summed E-state index contributed by atoms with van der Waals surface area (Å²) >= 11 is 0. The molecule has 98 valence electrons. The molecule has 0 fully saturated rings. The number of aryl methyl sites for hydroxylation is 1. The minimum absolute atomic E-state index is 0. The van der Waals surface area contributed by atoms with E-state index >= 15 is 0 Å². The molecule has 1 aromatic heterocycles. The van der Waals surface area contributed by atoms with Crippen molar-refractivity contribution in [3.63, 3.8) is 0 Å². The molecule has 0 saturated heterocycles. The summed E-state index contributed by atoms with van der Waals surface area (Å²) in [4.78, 5) is 35.8. The summed E-state index contributed by atoms with van der Waals surface area (Å²) in [6, 6.07) is 0. The Kier molecular flexibility index (Phi) is 9.71. The Labute approximate surface area is 125 Å². The van der Waals surface area contributed by atoms with Crippen LogP contribution in [0, 0.1) is 6.92 Å². The number of aromatic nitrogens is 1. The molecule has 1 heterocycles. The number of aromatic hydroxyl groups is 1. The van der Waals surface area contributed by atoms with E-state index in [2.05, 4.69) is 4.98 Å². The van der Waals surface area contributed by atoms with Crippen LogP contribution in [-0.4, -0.2) is 65.7 Å². The molecule has 0 aromatic carbocycles. The number of carbonyl (C=O) groups is 1. The van der Waals surface area contributed by atoms with Crippen molar-refractivity contribution in [3.8, 4) is 5.75 Å². The summed E-state index contributed by atoms with van der Waals surface area (Å²) in [5.74, 6) is -0.156. The number of pyridine rings is 1. The zero-order valence-electron chi connectivity index (χ0n) is 8.81. The van der Waals surface area contributed by atoms with Crippen LogP contribution < -0.4 is 0 Å². The molecule has 1 rings (SSSR count). The van der Waals surface area contributed by atoms with Crippen molar-refractivity contribution < 1.29 is 34.3 Å². The van der Waals surface area contributed by atoms with Crippen molar-refractivity contribution in [2.75, 3.05) is 0 Å². The van der Waals surface area contributed by atoms with Crippen molar-refractivity contribution >= 4 is 43.7 Å². The second-order valence-electron chi connectivity index (χ2n) is 2.92. The van der Waals surface area contributed by atoms with E-state index < -0.39 is 7.82 Å². The summed E-state index contributed by atoms with van der Waals surface area (Å²) < 4.78 is 8.88. The molecule has 18 heavy (non-hydrogen) atoms. The predicted octanol–water partition coefficient (Wildman–Crippen LogP) is -1.18. The van der Waals surface area contributed by atoms with E-state index in [9.17, 15) is 9.90 Å². The standard InChI is InChI=1S/C8H9NO3.Na.H3O4P.H/c1-5-8(12)7(4-11)6(3-10)2-9-5;;1-5(2,3)4;/h2,4,10,12H,3H2,1H3;;(H3,1,2,3,4);. The minimum atomic E-state index is -4.64. The van der Waals surface area contributed by atoms with E-state index in [0.717, 1.165) is 0 Å². The van der Waals surface area contributed by atoms with Gasteiger partial charge in [-0.05, 0) is 6.92 Å². The van der Waals surface area contributed by atoms with Crippen LogP contribution in [0.4, 0.5) is 0 Å². The van der Waals surface area contributed by atoms with E-state index in [1.54, 1.807) is 6.92 Å². The van der Waals surface area contributed by atoms with E-state index in [0.29, 0.717) is 17.5 Å². The summed E-state index contributed by atoms with van der Waals surface area (Å²) in [6.45, 7) is 1.29. The Bertz CT molecular complexity index is 439. The molecule has 8 nitrogen and oxygen atoms in total. The Morgan fingerprint density at radius 2 is 1.83 bits per heavy atom. The van der Waals surface area contributed by atoms with Gasteiger partial charge in [0.05, 0.1) is 17.9 Å². The Balaban J connectivity index is 0. The van der Waals surface area contributed by atoms with Gasteiger partial charge in [0.1, 0.15) is 5.75 Å². The molecule has 0 atom stereocenters. The van der Waals surface area contributed by atoms with Crippen LogP contribution in [0.5, 0.6) is 5.75 Å². The normalized spacial score (nSPS) is 9.83. The average Bonchev–Trinajstić information content (AvgIpc) is 2.19. The van der Waals surface area contributed by atoms with Gasteiger partial charge in [-0.3, -0.25) is 9.78 Å². The summed E-state index contributed by atoms with van der Waals surface area (Å²) in [6.07, 6.45) is 1.88. The predicted molar refractivity (Wildman–Crippen MR) is 63.4 cm³/mol. The number of rotatable bonds is 2. The van der Waals surface area contributed by atoms with Gasteiger partial charge in [0, 0.05) is 11.8 Å². The van der Waals surface area contributed by atoms with Gasteiger partial charge in [0.15, 0.2) is 6.29 Å². The van der Waals surface area contributed by atoms with Crippen LogP contribution in [0.25, 0.3) is 0 Å². The van der Waals surface area contributed by atoms with E-state index in [4.69, 9.17) is 24.4 Å². The van der Waals surface area contributed by atoms with Crippen molar-refractivity contribution in [2.24, 2.45) is 0 Å². The molecule has 0 bridgehead atoms. The molecule has 0 amide bonds. The number of hydrogen-bond acceptors (Lipinski definition) is 5. The zero-order chi connectivity index (χ0) is 13.6. The van der Waals surface area contributed by atoms with Crippen LogP contribution >= 0.6 is 7.82 Å². The van der Waals surface area contributed by atoms with E-state index in [-0.39, 0.29) is 47.5 Å². The monoisotopic (exact) mass is 289 g/mol. The van der Waals surface area contributed by atoms with E-state index in [1.807, 2.05) is 0 Å². The third kappa shape index (κ3) is 7.91. The first-order valence-corrected chi connectivity index (χ1v) is 5.79. The van der Waals surface area contributed by atoms with Crippen molar-refractivity contribution in [1.82, 2.24) is 4.98 Å². The second kappa shape index (κ2) is 8.73. The number of phosphoric acid groups is 1. The molecule has 5 N–H and O–H groups in total. The van der Waals surface area contributed by atoms with Gasteiger partial charge in [0.25, 0.3) is 0 Å². The van der Waals surface area contributed by atoms with E-state index in [1.165, 1.54) is 6.20 Å². The van der Waals surface area contributed by atoms with Gasteiger partial charge in [-0.15, -0.1) is 0 Å². The first kappa shape index (κ1) is 20.0. The maximum atomic E-state index is 10.5. The molecule has 0 aliphatic heterocycles. The van der Waals surface area contributed by atoms with Gasteiger partial charge in [-0.25, -0.2) is 4.57 Å². The number of aldehydes is 1. The molecule has 0 radical (unpaired) electrons. The number of aliphatic hydroxyl groups excluding tert-OH is 1. The van der Waals surface area contributed by atoms with Crippen molar-refractivity contribution in [1.29, 1.82) is 0 Å². The molecule has 0 aliphatic carbocycles. The van der Waals surface area contributed by atoms with Gasteiger partial charge >= 0.3 is 37.4 Å². The molecule has 1 aromatic rings. The average molecular weight is 289 g/mol. The Hall–Kier alpha value is -0.310. The molecule has 0 aliphatic rings. The van der Waals surface area contributed by atoms with Gasteiger partial charge in [0.2, 0.25) is 0 Å². The number of nitrogens with zero attached hydrogens (tertiary/aromatic N) is 1.